The molecule has 3 rings (SSSR count). The summed E-state index contributed by atoms with van der Waals surface area (Å²) in [5, 5.41) is 0.830. The van der Waals surface area contributed by atoms with Crippen molar-refractivity contribution in [3.63, 3.8) is 0 Å². The minimum atomic E-state index is -0.266. The third-order valence-corrected chi connectivity index (χ3v) is 4.78. The minimum absolute atomic E-state index is 0.0528. The van der Waals surface area contributed by atoms with Crippen LogP contribution in [0.2, 0.25) is 0 Å². The van der Waals surface area contributed by atoms with E-state index in [4.69, 9.17) is 0 Å². The maximum absolute atomic E-state index is 12.9. The lowest BCUT2D eigenvalue weighted by molar-refractivity contribution is -0.116. The Kier molecular flexibility index (Phi) is 4.30. The van der Waals surface area contributed by atoms with Crippen LogP contribution in [0.4, 0.5) is 0 Å². The van der Waals surface area contributed by atoms with E-state index < -0.39 is 0 Å². The summed E-state index contributed by atoms with van der Waals surface area (Å²) in [6.45, 7) is 3.37. The number of hydrogen-bond acceptors (Lipinski definition) is 4. The number of benzene rings is 2. The molecule has 1 atom stereocenters. The lowest BCUT2D eigenvalue weighted by atomic mass is 10.2. The van der Waals surface area contributed by atoms with E-state index >= 15 is 0 Å². The topological polar surface area (TPSA) is 52.0 Å². The third kappa shape index (κ3) is 3.05. The zero-order valence-corrected chi connectivity index (χ0v) is 13.7. The van der Waals surface area contributed by atoms with Crippen LogP contribution in [-0.2, 0) is 4.79 Å². The standard InChI is InChI=1S/C18H16N2O2S/c1-12(21)13(2)23-18-19-16-11-7-6-10-15(16)17(22)20(18)14-8-4-3-5-9-14/h3-11,13H,1-2H3/t13-/m1/s1. The number of carbonyl (C=O) groups is 1. The molecular weight excluding hydrogens is 308 g/mol. The van der Waals surface area contributed by atoms with E-state index in [9.17, 15) is 9.59 Å². The first-order valence-electron chi connectivity index (χ1n) is 7.32. The van der Waals surface area contributed by atoms with Crippen LogP contribution >= 0.6 is 11.8 Å². The summed E-state index contributed by atoms with van der Waals surface area (Å²) < 4.78 is 1.58. The van der Waals surface area contributed by atoms with Gasteiger partial charge in [-0.2, -0.15) is 0 Å². The van der Waals surface area contributed by atoms with E-state index in [2.05, 4.69) is 4.98 Å². The van der Waals surface area contributed by atoms with Crippen LogP contribution in [-0.4, -0.2) is 20.6 Å². The van der Waals surface area contributed by atoms with Crippen molar-refractivity contribution in [1.29, 1.82) is 0 Å². The molecule has 0 saturated carbocycles. The second kappa shape index (κ2) is 6.38. The van der Waals surface area contributed by atoms with Crippen LogP contribution in [0.5, 0.6) is 0 Å². The van der Waals surface area contributed by atoms with Gasteiger partial charge >= 0.3 is 0 Å². The number of ketones is 1. The molecule has 116 valence electrons. The SMILES string of the molecule is CC(=O)[C@@H](C)Sc1nc2ccccc2c(=O)n1-c1ccccc1. The zero-order valence-electron chi connectivity index (χ0n) is 12.9. The molecule has 0 saturated heterocycles. The van der Waals surface area contributed by atoms with E-state index in [1.165, 1.54) is 11.8 Å². The molecular formula is C18H16N2O2S. The number of hydrogen-bond donors (Lipinski definition) is 0. The molecule has 0 bridgehead atoms. The highest BCUT2D eigenvalue weighted by Gasteiger charge is 2.17. The van der Waals surface area contributed by atoms with Crippen molar-refractivity contribution in [2.24, 2.45) is 0 Å². The summed E-state index contributed by atoms with van der Waals surface area (Å²) in [6.07, 6.45) is 0. The van der Waals surface area contributed by atoms with Crippen LogP contribution in [0.3, 0.4) is 0 Å². The van der Waals surface area contributed by atoms with E-state index in [0.29, 0.717) is 16.1 Å². The van der Waals surface area contributed by atoms with Gasteiger partial charge in [0.15, 0.2) is 5.16 Å². The first-order chi connectivity index (χ1) is 11.1. The first kappa shape index (κ1) is 15.5. The fourth-order valence-electron chi connectivity index (χ4n) is 2.24. The predicted molar refractivity (Wildman–Crippen MR) is 93.3 cm³/mol. The van der Waals surface area contributed by atoms with Gasteiger partial charge in [0, 0.05) is 0 Å². The van der Waals surface area contributed by atoms with Crippen molar-refractivity contribution < 1.29 is 4.79 Å². The Morgan fingerprint density at radius 1 is 1.09 bits per heavy atom. The number of rotatable bonds is 4. The van der Waals surface area contributed by atoms with Gasteiger partial charge in [0.05, 0.1) is 21.8 Å². The summed E-state index contributed by atoms with van der Waals surface area (Å²) in [7, 11) is 0. The Hall–Kier alpha value is -2.40. The van der Waals surface area contributed by atoms with Crippen LogP contribution in [0.15, 0.2) is 64.5 Å². The van der Waals surface area contributed by atoms with E-state index in [-0.39, 0.29) is 16.6 Å². The van der Waals surface area contributed by atoms with Crippen molar-refractivity contribution >= 4 is 28.4 Å². The fraction of sp³-hybridized carbons (Fsp3) is 0.167. The lowest BCUT2D eigenvalue weighted by Crippen LogP contribution is -2.23. The largest absolute Gasteiger partial charge is 0.299 e. The summed E-state index contributed by atoms with van der Waals surface area (Å²) in [6, 6.07) is 16.6. The van der Waals surface area contributed by atoms with Gasteiger partial charge in [-0.05, 0) is 38.1 Å². The number of para-hydroxylation sites is 2. The Morgan fingerprint density at radius 2 is 1.74 bits per heavy atom. The smallest absolute Gasteiger partial charge is 0.266 e. The van der Waals surface area contributed by atoms with Crippen LogP contribution in [0.1, 0.15) is 13.8 Å². The van der Waals surface area contributed by atoms with Gasteiger partial charge in [-0.3, -0.25) is 14.2 Å². The van der Waals surface area contributed by atoms with Crippen LogP contribution < -0.4 is 5.56 Å². The number of nitrogens with zero attached hydrogens (tertiary/aromatic N) is 2. The van der Waals surface area contributed by atoms with Crippen LogP contribution in [0.25, 0.3) is 16.6 Å². The Bertz CT molecular complexity index is 919. The molecule has 0 amide bonds. The van der Waals surface area contributed by atoms with E-state index in [1.807, 2.05) is 55.5 Å². The lowest BCUT2D eigenvalue weighted by Gasteiger charge is -2.15. The minimum Gasteiger partial charge on any atom is -0.299 e. The Morgan fingerprint density at radius 3 is 2.43 bits per heavy atom. The van der Waals surface area contributed by atoms with Gasteiger partial charge in [0.2, 0.25) is 0 Å². The van der Waals surface area contributed by atoms with Crippen molar-refractivity contribution in [3.05, 3.63) is 65.0 Å². The predicted octanol–water partition coefficient (Wildman–Crippen LogP) is 3.46. The number of Topliss-reactive ketones (excluding diaryl/α,β-unsaturated/α-hetero) is 1. The van der Waals surface area contributed by atoms with Gasteiger partial charge in [-0.25, -0.2) is 4.98 Å². The molecule has 23 heavy (non-hydrogen) atoms. The average molecular weight is 324 g/mol. The molecule has 3 aromatic rings. The van der Waals surface area contributed by atoms with Gasteiger partial charge in [-0.1, -0.05) is 42.1 Å². The quantitative estimate of drug-likeness (QED) is 0.545. The number of aromatic nitrogens is 2. The van der Waals surface area contributed by atoms with Crippen molar-refractivity contribution in [2.75, 3.05) is 0 Å². The van der Waals surface area contributed by atoms with Gasteiger partial charge in [-0.15, -0.1) is 0 Å². The highest BCUT2D eigenvalue weighted by atomic mass is 32.2. The molecule has 0 fully saturated rings. The molecule has 0 aliphatic carbocycles. The Labute approximate surface area is 138 Å². The zero-order chi connectivity index (χ0) is 16.4. The second-order valence-electron chi connectivity index (χ2n) is 5.26. The van der Waals surface area contributed by atoms with Crippen molar-refractivity contribution in [2.45, 2.75) is 24.3 Å². The molecule has 1 aromatic heterocycles. The molecule has 5 heteroatoms. The first-order valence-corrected chi connectivity index (χ1v) is 8.20. The molecule has 0 unspecified atom stereocenters. The summed E-state index contributed by atoms with van der Waals surface area (Å²) in [5.74, 6) is 0.0528. The van der Waals surface area contributed by atoms with Gasteiger partial charge < -0.3 is 0 Å². The summed E-state index contributed by atoms with van der Waals surface area (Å²) in [4.78, 5) is 29.1. The van der Waals surface area contributed by atoms with E-state index in [1.54, 1.807) is 17.6 Å². The highest BCUT2D eigenvalue weighted by molar-refractivity contribution is 8.00. The number of thioether (sulfide) groups is 1. The monoisotopic (exact) mass is 324 g/mol. The number of fused-ring (bicyclic) bond motifs is 1. The van der Waals surface area contributed by atoms with Crippen molar-refractivity contribution in [1.82, 2.24) is 9.55 Å². The van der Waals surface area contributed by atoms with E-state index in [0.717, 1.165) is 5.69 Å². The summed E-state index contributed by atoms with van der Waals surface area (Å²) in [5.41, 5.74) is 1.26. The second-order valence-corrected chi connectivity index (χ2v) is 6.57. The maximum Gasteiger partial charge on any atom is 0.266 e. The molecule has 0 aliphatic heterocycles. The molecule has 4 nitrogen and oxygen atoms in total. The molecule has 1 heterocycles. The number of carbonyl (C=O) groups excluding carboxylic acids is 1. The fourth-order valence-corrected chi connectivity index (χ4v) is 3.16. The normalized spacial score (nSPS) is 12.3. The third-order valence-electron chi connectivity index (χ3n) is 3.61. The Balaban J connectivity index is 2.28. The molecule has 0 N–H and O–H groups in total. The van der Waals surface area contributed by atoms with Crippen LogP contribution in [0, 0.1) is 0 Å². The molecule has 2 aromatic carbocycles. The highest BCUT2D eigenvalue weighted by Crippen LogP contribution is 2.25. The molecule has 0 spiro atoms. The van der Waals surface area contributed by atoms with Gasteiger partial charge in [0.1, 0.15) is 5.78 Å². The summed E-state index contributed by atoms with van der Waals surface area (Å²) >= 11 is 1.30. The average Bonchev–Trinajstić information content (AvgIpc) is 2.56. The van der Waals surface area contributed by atoms with Crippen molar-refractivity contribution in [3.8, 4) is 5.69 Å². The molecule has 0 aliphatic rings. The van der Waals surface area contributed by atoms with Gasteiger partial charge in [0.25, 0.3) is 5.56 Å². The maximum atomic E-state index is 12.9. The molecule has 0 radical (unpaired) electrons.